The molecule has 2 aromatic rings. The number of fused-ring (bicyclic) bond motifs is 3. The Kier molecular flexibility index (Phi) is 6.62. The number of aryl methyl sites for hydroxylation is 2. The highest BCUT2D eigenvalue weighted by Gasteiger charge is 2.24. The van der Waals surface area contributed by atoms with Gasteiger partial charge in [0.25, 0.3) is 5.56 Å². The van der Waals surface area contributed by atoms with Crippen molar-refractivity contribution in [1.82, 2.24) is 14.9 Å². The van der Waals surface area contributed by atoms with Gasteiger partial charge in [0, 0.05) is 30.7 Å². The van der Waals surface area contributed by atoms with E-state index in [4.69, 9.17) is 4.74 Å². The first-order valence-corrected chi connectivity index (χ1v) is 10.4. The largest absolute Gasteiger partial charge is 0.382 e. The summed E-state index contributed by atoms with van der Waals surface area (Å²) in [5, 5.41) is 4.53. The second-order valence-electron chi connectivity index (χ2n) is 6.72. The van der Waals surface area contributed by atoms with Crippen LogP contribution in [0.5, 0.6) is 0 Å². The van der Waals surface area contributed by atoms with Crippen molar-refractivity contribution in [2.45, 2.75) is 65.0 Å². The van der Waals surface area contributed by atoms with E-state index in [-0.39, 0.29) is 5.56 Å². The van der Waals surface area contributed by atoms with Crippen LogP contribution >= 0.6 is 11.3 Å². The Morgan fingerprint density at radius 3 is 3.08 bits per heavy atom. The number of aromatic nitrogens is 2. The van der Waals surface area contributed by atoms with Crippen molar-refractivity contribution in [2.24, 2.45) is 0 Å². The number of hydrogen-bond donors (Lipinski definition) is 1. The van der Waals surface area contributed by atoms with Gasteiger partial charge in [-0.3, -0.25) is 9.36 Å². The number of thiophene rings is 1. The SMILES string of the molecule is CCCCn1cnc2sc3c(c2c1=O)CCC(NCCCOCC)C3. The van der Waals surface area contributed by atoms with Gasteiger partial charge in [-0.2, -0.15) is 0 Å². The Labute approximate surface area is 153 Å². The van der Waals surface area contributed by atoms with E-state index in [1.165, 1.54) is 10.4 Å². The maximum Gasteiger partial charge on any atom is 0.262 e. The number of rotatable bonds is 9. The van der Waals surface area contributed by atoms with Crippen LogP contribution in [0.25, 0.3) is 10.2 Å². The molecular weight excluding hydrogens is 334 g/mol. The van der Waals surface area contributed by atoms with Crippen molar-refractivity contribution in [1.29, 1.82) is 0 Å². The highest BCUT2D eigenvalue weighted by molar-refractivity contribution is 7.18. The number of unbranched alkanes of at least 4 members (excludes halogenated alkanes) is 1. The lowest BCUT2D eigenvalue weighted by Crippen LogP contribution is -2.35. The molecule has 1 atom stereocenters. The Bertz CT molecular complexity index is 753. The molecule has 3 rings (SSSR count). The van der Waals surface area contributed by atoms with Crippen LogP contribution in [0.2, 0.25) is 0 Å². The number of nitrogens with zero attached hydrogens (tertiary/aromatic N) is 2. The summed E-state index contributed by atoms with van der Waals surface area (Å²) >= 11 is 1.71. The predicted octanol–water partition coefficient (Wildman–Crippen LogP) is 3.13. The first-order valence-electron chi connectivity index (χ1n) is 9.55. The summed E-state index contributed by atoms with van der Waals surface area (Å²) in [6.45, 7) is 7.55. The normalized spacial score (nSPS) is 17.1. The van der Waals surface area contributed by atoms with Crippen LogP contribution in [0.15, 0.2) is 11.1 Å². The lowest BCUT2D eigenvalue weighted by atomic mass is 9.93. The molecule has 2 aromatic heterocycles. The Morgan fingerprint density at radius 1 is 1.40 bits per heavy atom. The minimum atomic E-state index is 0.152. The monoisotopic (exact) mass is 363 g/mol. The van der Waals surface area contributed by atoms with Crippen molar-refractivity contribution in [3.63, 3.8) is 0 Å². The van der Waals surface area contributed by atoms with Gasteiger partial charge in [-0.15, -0.1) is 11.3 Å². The minimum absolute atomic E-state index is 0.152. The van der Waals surface area contributed by atoms with Gasteiger partial charge in [0.05, 0.1) is 11.7 Å². The van der Waals surface area contributed by atoms with E-state index in [0.29, 0.717) is 6.04 Å². The zero-order valence-corrected chi connectivity index (χ0v) is 16.2. The summed E-state index contributed by atoms with van der Waals surface area (Å²) in [5.74, 6) is 0. The highest BCUT2D eigenvalue weighted by Crippen LogP contribution is 2.33. The van der Waals surface area contributed by atoms with E-state index in [1.807, 2.05) is 6.92 Å². The standard InChI is InChI=1S/C19H29N3O2S/c1-3-5-10-22-13-21-18-17(19(22)23)15-8-7-14(12-16(15)25-18)20-9-6-11-24-4-2/h13-14,20H,3-12H2,1-2H3. The van der Waals surface area contributed by atoms with Gasteiger partial charge in [0.1, 0.15) is 4.83 Å². The fraction of sp³-hybridized carbons (Fsp3) is 0.684. The van der Waals surface area contributed by atoms with Gasteiger partial charge in [-0.05, 0) is 51.1 Å². The van der Waals surface area contributed by atoms with Gasteiger partial charge in [-0.25, -0.2) is 4.98 Å². The van der Waals surface area contributed by atoms with Gasteiger partial charge in [0.2, 0.25) is 0 Å². The third-order valence-corrected chi connectivity index (χ3v) is 6.05. The van der Waals surface area contributed by atoms with E-state index in [2.05, 4.69) is 17.2 Å². The van der Waals surface area contributed by atoms with Crippen LogP contribution in [0, 0.1) is 0 Å². The second kappa shape index (κ2) is 8.92. The van der Waals surface area contributed by atoms with Crippen molar-refractivity contribution < 1.29 is 4.74 Å². The van der Waals surface area contributed by atoms with Gasteiger partial charge in [0.15, 0.2) is 0 Å². The smallest absolute Gasteiger partial charge is 0.262 e. The van der Waals surface area contributed by atoms with Crippen molar-refractivity contribution >= 4 is 21.6 Å². The molecule has 0 bridgehead atoms. The molecule has 0 fully saturated rings. The molecule has 6 heteroatoms. The summed E-state index contributed by atoms with van der Waals surface area (Å²) in [7, 11) is 0. The maximum absolute atomic E-state index is 12.8. The molecule has 0 saturated carbocycles. The van der Waals surface area contributed by atoms with Crippen LogP contribution in [-0.4, -0.2) is 35.4 Å². The third-order valence-electron chi connectivity index (χ3n) is 4.89. The zero-order valence-electron chi connectivity index (χ0n) is 15.3. The van der Waals surface area contributed by atoms with Crippen molar-refractivity contribution in [3.8, 4) is 0 Å². The quantitative estimate of drug-likeness (QED) is 0.696. The zero-order chi connectivity index (χ0) is 17.6. The first-order chi connectivity index (χ1) is 12.2. The molecule has 5 nitrogen and oxygen atoms in total. The molecule has 1 aliphatic carbocycles. The molecule has 0 spiro atoms. The molecule has 25 heavy (non-hydrogen) atoms. The lowest BCUT2D eigenvalue weighted by Gasteiger charge is -2.23. The van der Waals surface area contributed by atoms with E-state index < -0.39 is 0 Å². The van der Waals surface area contributed by atoms with Crippen LogP contribution in [0.1, 0.15) is 50.0 Å². The summed E-state index contributed by atoms with van der Waals surface area (Å²) < 4.78 is 7.18. The third kappa shape index (κ3) is 4.30. The fourth-order valence-electron chi connectivity index (χ4n) is 3.49. The number of ether oxygens (including phenoxy) is 1. The number of hydrogen-bond acceptors (Lipinski definition) is 5. The summed E-state index contributed by atoms with van der Waals surface area (Å²) in [5.41, 5.74) is 1.41. The highest BCUT2D eigenvalue weighted by atomic mass is 32.1. The minimum Gasteiger partial charge on any atom is -0.382 e. The Morgan fingerprint density at radius 2 is 2.28 bits per heavy atom. The lowest BCUT2D eigenvalue weighted by molar-refractivity contribution is 0.144. The molecular formula is C19H29N3O2S. The van der Waals surface area contributed by atoms with Gasteiger partial charge in [-0.1, -0.05) is 13.3 Å². The molecule has 2 heterocycles. The average Bonchev–Trinajstić information content (AvgIpc) is 2.99. The molecule has 0 amide bonds. The summed E-state index contributed by atoms with van der Waals surface area (Å²) in [6.07, 6.45) is 7.97. The van der Waals surface area contributed by atoms with Gasteiger partial charge >= 0.3 is 0 Å². The fourth-order valence-corrected chi connectivity index (χ4v) is 4.75. The van der Waals surface area contributed by atoms with Crippen LogP contribution in [0.4, 0.5) is 0 Å². The summed E-state index contributed by atoms with van der Waals surface area (Å²) in [6, 6.07) is 0.504. The molecule has 0 radical (unpaired) electrons. The molecule has 1 unspecified atom stereocenters. The molecule has 138 valence electrons. The first kappa shape index (κ1) is 18.5. The molecule has 1 N–H and O–H groups in total. The predicted molar refractivity (Wildman–Crippen MR) is 104 cm³/mol. The number of nitrogens with one attached hydrogen (secondary N) is 1. The van der Waals surface area contributed by atoms with Crippen molar-refractivity contribution in [2.75, 3.05) is 19.8 Å². The molecule has 0 aromatic carbocycles. The van der Waals surface area contributed by atoms with Gasteiger partial charge < -0.3 is 10.1 Å². The van der Waals surface area contributed by atoms with E-state index >= 15 is 0 Å². The second-order valence-corrected chi connectivity index (χ2v) is 7.81. The Hall–Kier alpha value is -1.24. The molecule has 0 saturated heterocycles. The Balaban J connectivity index is 1.70. The molecule has 0 aliphatic heterocycles. The summed E-state index contributed by atoms with van der Waals surface area (Å²) in [4.78, 5) is 19.7. The average molecular weight is 364 g/mol. The van der Waals surface area contributed by atoms with Crippen LogP contribution in [-0.2, 0) is 24.1 Å². The van der Waals surface area contributed by atoms with Crippen LogP contribution in [0.3, 0.4) is 0 Å². The van der Waals surface area contributed by atoms with E-state index in [0.717, 1.165) is 75.0 Å². The van der Waals surface area contributed by atoms with Crippen LogP contribution < -0.4 is 10.9 Å². The van der Waals surface area contributed by atoms with Crippen molar-refractivity contribution in [3.05, 3.63) is 27.1 Å². The molecule has 1 aliphatic rings. The van der Waals surface area contributed by atoms with E-state index in [1.54, 1.807) is 22.2 Å². The van der Waals surface area contributed by atoms with E-state index in [9.17, 15) is 4.79 Å². The topological polar surface area (TPSA) is 56.2 Å². The maximum atomic E-state index is 12.8.